The Labute approximate surface area is 197 Å². The highest BCUT2D eigenvalue weighted by atomic mass is 16.5. The van der Waals surface area contributed by atoms with Crippen LogP contribution in [0.1, 0.15) is 25.7 Å². The Hall–Kier alpha value is -3.30. The van der Waals surface area contributed by atoms with Crippen LogP contribution in [0.5, 0.6) is 5.75 Å². The van der Waals surface area contributed by atoms with E-state index in [4.69, 9.17) is 9.47 Å². The molecule has 0 unspecified atom stereocenters. The first-order valence-corrected chi connectivity index (χ1v) is 12.0. The smallest absolute Gasteiger partial charge is 0.143 e. The summed E-state index contributed by atoms with van der Waals surface area (Å²) in [5.41, 5.74) is 3.50. The zero-order chi connectivity index (χ0) is 22.9. The van der Waals surface area contributed by atoms with Crippen molar-refractivity contribution in [2.75, 3.05) is 38.7 Å². The van der Waals surface area contributed by atoms with Crippen molar-refractivity contribution in [1.29, 1.82) is 0 Å². The standard InChI is InChI=1S/C25H29N7O2/c1-33-19-10-16(12-26-13-19)21-11-20-22(14-27-21)31-25-23(20)24(28-15-29-25)30-17-2-4-18(5-3-17)32-6-8-34-9-7-32/h10-15,17-18H,2-9H2,1H3,(H2,28,29,30,31). The second-order valence-electron chi connectivity index (χ2n) is 9.10. The molecule has 9 heteroatoms. The van der Waals surface area contributed by atoms with Crippen molar-refractivity contribution in [2.45, 2.75) is 37.8 Å². The van der Waals surface area contributed by atoms with E-state index in [1.807, 2.05) is 12.3 Å². The lowest BCUT2D eigenvalue weighted by atomic mass is 9.90. The number of aromatic amines is 1. The molecule has 4 aromatic heterocycles. The van der Waals surface area contributed by atoms with Gasteiger partial charge in [-0.05, 0) is 37.8 Å². The van der Waals surface area contributed by atoms with E-state index in [0.717, 1.165) is 78.2 Å². The number of H-pyrrole nitrogens is 1. The van der Waals surface area contributed by atoms with Gasteiger partial charge in [-0.25, -0.2) is 9.97 Å². The summed E-state index contributed by atoms with van der Waals surface area (Å²) < 4.78 is 10.9. The van der Waals surface area contributed by atoms with Gasteiger partial charge in [-0.15, -0.1) is 0 Å². The van der Waals surface area contributed by atoms with Crippen molar-refractivity contribution >= 4 is 27.8 Å². The molecule has 176 valence electrons. The van der Waals surface area contributed by atoms with E-state index in [1.165, 1.54) is 12.8 Å². The molecule has 0 radical (unpaired) electrons. The van der Waals surface area contributed by atoms with Crippen LogP contribution in [0.15, 0.2) is 37.1 Å². The van der Waals surface area contributed by atoms with Gasteiger partial charge in [0.15, 0.2) is 0 Å². The Kier molecular flexibility index (Phi) is 5.72. The molecule has 1 saturated heterocycles. The van der Waals surface area contributed by atoms with Gasteiger partial charge in [0.25, 0.3) is 0 Å². The number of morpholine rings is 1. The third kappa shape index (κ3) is 4.05. The Bertz CT molecular complexity index is 1290. The summed E-state index contributed by atoms with van der Waals surface area (Å²) in [7, 11) is 1.64. The van der Waals surface area contributed by atoms with Crippen molar-refractivity contribution in [3.05, 3.63) is 37.1 Å². The van der Waals surface area contributed by atoms with Crippen LogP contribution in [-0.2, 0) is 4.74 Å². The largest absolute Gasteiger partial charge is 0.495 e. The highest BCUT2D eigenvalue weighted by Crippen LogP contribution is 2.33. The van der Waals surface area contributed by atoms with E-state index in [-0.39, 0.29) is 0 Å². The minimum Gasteiger partial charge on any atom is -0.495 e. The summed E-state index contributed by atoms with van der Waals surface area (Å²) in [5, 5.41) is 5.79. The van der Waals surface area contributed by atoms with E-state index >= 15 is 0 Å². The lowest BCUT2D eigenvalue weighted by Crippen LogP contribution is -2.46. The van der Waals surface area contributed by atoms with Crippen LogP contribution in [0.3, 0.4) is 0 Å². The number of hydrogen-bond donors (Lipinski definition) is 2. The normalized spacial score (nSPS) is 21.7. The van der Waals surface area contributed by atoms with Crippen LogP contribution >= 0.6 is 0 Å². The Morgan fingerprint density at radius 2 is 1.88 bits per heavy atom. The minimum atomic E-state index is 0.407. The number of hydrogen-bond acceptors (Lipinski definition) is 8. The number of fused-ring (bicyclic) bond motifs is 3. The van der Waals surface area contributed by atoms with E-state index in [1.54, 1.807) is 25.8 Å². The zero-order valence-electron chi connectivity index (χ0n) is 19.3. The van der Waals surface area contributed by atoms with Gasteiger partial charge in [0, 0.05) is 42.3 Å². The highest BCUT2D eigenvalue weighted by molar-refractivity contribution is 6.11. The number of aromatic nitrogens is 5. The summed E-state index contributed by atoms with van der Waals surface area (Å²) in [4.78, 5) is 24.0. The summed E-state index contributed by atoms with van der Waals surface area (Å²) >= 11 is 0. The number of rotatable bonds is 5. The number of ether oxygens (including phenoxy) is 2. The number of pyridine rings is 2. The van der Waals surface area contributed by atoms with Gasteiger partial charge in [-0.3, -0.25) is 14.9 Å². The lowest BCUT2D eigenvalue weighted by Gasteiger charge is -2.39. The number of nitrogens with zero attached hydrogens (tertiary/aromatic N) is 5. The number of anilines is 1. The third-order valence-electron chi connectivity index (χ3n) is 7.12. The van der Waals surface area contributed by atoms with Crippen molar-refractivity contribution in [3.63, 3.8) is 0 Å². The molecule has 9 nitrogen and oxygen atoms in total. The molecule has 4 aromatic rings. The van der Waals surface area contributed by atoms with Gasteiger partial charge in [-0.1, -0.05) is 0 Å². The van der Waals surface area contributed by atoms with Crippen molar-refractivity contribution < 1.29 is 9.47 Å². The van der Waals surface area contributed by atoms with Crippen LogP contribution in [0, 0.1) is 0 Å². The molecule has 0 amide bonds. The molecular formula is C25H29N7O2. The van der Waals surface area contributed by atoms with E-state index < -0.39 is 0 Å². The molecule has 2 fully saturated rings. The monoisotopic (exact) mass is 459 g/mol. The van der Waals surface area contributed by atoms with Gasteiger partial charge in [-0.2, -0.15) is 0 Å². The van der Waals surface area contributed by atoms with Crippen LogP contribution in [-0.4, -0.2) is 75.3 Å². The molecule has 0 bridgehead atoms. The molecule has 0 spiro atoms. The molecule has 2 N–H and O–H groups in total. The van der Waals surface area contributed by atoms with E-state index in [9.17, 15) is 0 Å². The minimum absolute atomic E-state index is 0.407. The molecule has 0 atom stereocenters. The fourth-order valence-electron chi connectivity index (χ4n) is 5.28. The number of nitrogens with one attached hydrogen (secondary N) is 2. The van der Waals surface area contributed by atoms with Gasteiger partial charge >= 0.3 is 0 Å². The average molecular weight is 460 g/mol. The molecule has 34 heavy (non-hydrogen) atoms. The maximum atomic E-state index is 5.52. The van der Waals surface area contributed by atoms with Crippen LogP contribution in [0.25, 0.3) is 33.2 Å². The second-order valence-corrected chi connectivity index (χ2v) is 9.10. The van der Waals surface area contributed by atoms with E-state index in [2.05, 4.69) is 41.2 Å². The third-order valence-corrected chi connectivity index (χ3v) is 7.12. The van der Waals surface area contributed by atoms with E-state index in [0.29, 0.717) is 17.8 Å². The Balaban J connectivity index is 1.27. The topological polar surface area (TPSA) is 101 Å². The van der Waals surface area contributed by atoms with Crippen LogP contribution in [0.4, 0.5) is 5.82 Å². The van der Waals surface area contributed by atoms with Crippen LogP contribution < -0.4 is 10.1 Å². The summed E-state index contributed by atoms with van der Waals surface area (Å²) in [5.74, 6) is 1.59. The fraction of sp³-hybridized carbons (Fsp3) is 0.440. The Morgan fingerprint density at radius 1 is 1.03 bits per heavy atom. The highest BCUT2D eigenvalue weighted by Gasteiger charge is 2.27. The molecule has 1 aliphatic heterocycles. The maximum Gasteiger partial charge on any atom is 0.143 e. The van der Waals surface area contributed by atoms with Gasteiger partial charge in [0.1, 0.15) is 23.5 Å². The zero-order valence-corrected chi connectivity index (χ0v) is 19.3. The van der Waals surface area contributed by atoms with Gasteiger partial charge in [0.05, 0.1) is 49.3 Å². The summed E-state index contributed by atoms with van der Waals surface area (Å²) in [6.07, 6.45) is 11.7. The molecule has 6 rings (SSSR count). The molecule has 0 aromatic carbocycles. The molecule has 5 heterocycles. The van der Waals surface area contributed by atoms with Crippen molar-refractivity contribution in [3.8, 4) is 17.0 Å². The molecule has 1 aliphatic carbocycles. The van der Waals surface area contributed by atoms with Gasteiger partial charge in [0.2, 0.25) is 0 Å². The maximum absolute atomic E-state index is 5.52. The first-order chi connectivity index (χ1) is 16.8. The number of methoxy groups -OCH3 is 1. The predicted molar refractivity (Wildman–Crippen MR) is 131 cm³/mol. The Morgan fingerprint density at radius 3 is 2.71 bits per heavy atom. The average Bonchev–Trinajstić information content (AvgIpc) is 3.28. The lowest BCUT2D eigenvalue weighted by molar-refractivity contribution is 0.00791. The molecular weight excluding hydrogens is 430 g/mol. The van der Waals surface area contributed by atoms with Gasteiger partial charge < -0.3 is 19.8 Å². The molecule has 1 saturated carbocycles. The first kappa shape index (κ1) is 21.2. The van der Waals surface area contributed by atoms with Crippen LogP contribution in [0.2, 0.25) is 0 Å². The quantitative estimate of drug-likeness (QED) is 0.467. The van der Waals surface area contributed by atoms with Crippen molar-refractivity contribution in [2.24, 2.45) is 0 Å². The fourth-order valence-corrected chi connectivity index (χ4v) is 5.28. The predicted octanol–water partition coefficient (Wildman–Crippen LogP) is 3.63. The van der Waals surface area contributed by atoms with Crippen molar-refractivity contribution in [1.82, 2.24) is 29.8 Å². The summed E-state index contributed by atoms with van der Waals surface area (Å²) in [6.45, 7) is 3.84. The second kappa shape index (κ2) is 9.15. The molecule has 2 aliphatic rings. The SMILES string of the molecule is COc1cncc(-c2cc3c(cn2)[nH]c2ncnc(NC4CCC(N5CCOCC5)CC4)c23)c1. The first-order valence-electron chi connectivity index (χ1n) is 12.0. The summed E-state index contributed by atoms with van der Waals surface area (Å²) in [6, 6.07) is 5.10.